The number of aliphatic hydroxyl groups excluding tert-OH is 1. The molecule has 0 aliphatic carbocycles. The highest BCUT2D eigenvalue weighted by molar-refractivity contribution is 5.79. The van der Waals surface area contributed by atoms with Crippen LogP contribution in [0, 0.1) is 5.82 Å². The van der Waals surface area contributed by atoms with Gasteiger partial charge in [-0.1, -0.05) is 0 Å². The summed E-state index contributed by atoms with van der Waals surface area (Å²) in [5, 5.41) is 16.1. The molecule has 0 saturated heterocycles. The summed E-state index contributed by atoms with van der Waals surface area (Å²) < 4.78 is 13.3. The Morgan fingerprint density at radius 1 is 1.54 bits per heavy atom. The molecule has 2 N–H and O–H groups in total. The van der Waals surface area contributed by atoms with Gasteiger partial charge in [0.25, 0.3) is 0 Å². The minimum Gasteiger partial charge on any atom is -0.389 e. The third-order valence-electron chi connectivity index (χ3n) is 2.01. The number of halogens is 1. The van der Waals surface area contributed by atoms with Crippen molar-refractivity contribution in [2.45, 2.75) is 13.0 Å². The summed E-state index contributed by atoms with van der Waals surface area (Å²) >= 11 is 0. The molecule has 0 aliphatic heterocycles. The number of aromatic nitrogens is 2. The molecule has 0 saturated carbocycles. The molecule has 1 aromatic heterocycles. The third-order valence-corrected chi connectivity index (χ3v) is 2.01. The standard InChI is InChI=1S/C9H9FN2O/c1-5(13)6-2-8(10)7-4-11-12-9(7)3-6/h2-5,13H,1H3,(H,11,12)/t5-/m0/s1. The van der Waals surface area contributed by atoms with Crippen LogP contribution >= 0.6 is 0 Å². The van der Waals surface area contributed by atoms with Gasteiger partial charge in [-0.3, -0.25) is 5.10 Å². The summed E-state index contributed by atoms with van der Waals surface area (Å²) in [6, 6.07) is 3.01. The Hall–Kier alpha value is -1.42. The highest BCUT2D eigenvalue weighted by atomic mass is 19.1. The molecule has 3 nitrogen and oxygen atoms in total. The fourth-order valence-electron chi connectivity index (χ4n) is 1.27. The fourth-order valence-corrected chi connectivity index (χ4v) is 1.27. The van der Waals surface area contributed by atoms with Crippen molar-refractivity contribution in [2.75, 3.05) is 0 Å². The average Bonchev–Trinajstić information content (AvgIpc) is 2.51. The maximum atomic E-state index is 13.3. The van der Waals surface area contributed by atoms with Gasteiger partial charge in [0.2, 0.25) is 0 Å². The highest BCUT2D eigenvalue weighted by Gasteiger charge is 2.08. The van der Waals surface area contributed by atoms with Gasteiger partial charge < -0.3 is 5.11 Å². The number of hydrogen-bond donors (Lipinski definition) is 2. The summed E-state index contributed by atoms with van der Waals surface area (Å²) in [5.41, 5.74) is 1.16. The van der Waals surface area contributed by atoms with Crippen molar-refractivity contribution in [1.82, 2.24) is 10.2 Å². The molecule has 0 unspecified atom stereocenters. The Bertz CT molecular complexity index is 436. The molecule has 0 spiro atoms. The minimum absolute atomic E-state index is 0.359. The van der Waals surface area contributed by atoms with E-state index >= 15 is 0 Å². The van der Waals surface area contributed by atoms with E-state index in [1.807, 2.05) is 0 Å². The first-order chi connectivity index (χ1) is 6.18. The first-order valence-electron chi connectivity index (χ1n) is 3.99. The van der Waals surface area contributed by atoms with Gasteiger partial charge in [-0.2, -0.15) is 5.10 Å². The smallest absolute Gasteiger partial charge is 0.134 e. The second-order valence-electron chi connectivity index (χ2n) is 3.01. The van der Waals surface area contributed by atoms with Crippen LogP contribution in [-0.2, 0) is 0 Å². The van der Waals surface area contributed by atoms with E-state index in [4.69, 9.17) is 0 Å². The van der Waals surface area contributed by atoms with Crippen LogP contribution in [0.25, 0.3) is 10.9 Å². The largest absolute Gasteiger partial charge is 0.389 e. The molecule has 0 bridgehead atoms. The van der Waals surface area contributed by atoms with Gasteiger partial charge in [0.1, 0.15) is 5.82 Å². The first-order valence-corrected chi connectivity index (χ1v) is 3.99. The number of aliphatic hydroxyl groups is 1. The number of fused-ring (bicyclic) bond motifs is 1. The summed E-state index contributed by atoms with van der Waals surface area (Å²) in [5.74, 6) is -0.359. The molecule has 0 aliphatic rings. The van der Waals surface area contributed by atoms with E-state index in [2.05, 4.69) is 10.2 Å². The van der Waals surface area contributed by atoms with Crippen molar-refractivity contribution in [2.24, 2.45) is 0 Å². The second-order valence-corrected chi connectivity index (χ2v) is 3.01. The molecule has 1 heterocycles. The molecule has 0 amide bonds. The van der Waals surface area contributed by atoms with Crippen LogP contribution in [0.5, 0.6) is 0 Å². The van der Waals surface area contributed by atoms with Gasteiger partial charge in [0.15, 0.2) is 0 Å². The van der Waals surface area contributed by atoms with E-state index in [9.17, 15) is 9.50 Å². The van der Waals surface area contributed by atoms with Crippen LogP contribution in [0.15, 0.2) is 18.3 Å². The maximum Gasteiger partial charge on any atom is 0.134 e. The van der Waals surface area contributed by atoms with E-state index in [0.717, 1.165) is 0 Å². The Balaban J connectivity index is 2.70. The molecule has 68 valence electrons. The van der Waals surface area contributed by atoms with Crippen LogP contribution in [0.3, 0.4) is 0 Å². The van der Waals surface area contributed by atoms with E-state index in [0.29, 0.717) is 16.5 Å². The van der Waals surface area contributed by atoms with Crippen molar-refractivity contribution in [3.05, 3.63) is 29.7 Å². The average molecular weight is 180 g/mol. The highest BCUT2D eigenvalue weighted by Crippen LogP contribution is 2.21. The van der Waals surface area contributed by atoms with Gasteiger partial charge in [-0.05, 0) is 24.6 Å². The van der Waals surface area contributed by atoms with E-state index in [1.165, 1.54) is 12.3 Å². The zero-order chi connectivity index (χ0) is 9.42. The predicted octanol–water partition coefficient (Wildman–Crippen LogP) is 1.76. The lowest BCUT2D eigenvalue weighted by Crippen LogP contribution is -1.92. The number of H-pyrrole nitrogens is 1. The van der Waals surface area contributed by atoms with E-state index < -0.39 is 6.10 Å². The van der Waals surface area contributed by atoms with Crippen LogP contribution < -0.4 is 0 Å². The number of nitrogens with zero attached hydrogens (tertiary/aromatic N) is 1. The van der Waals surface area contributed by atoms with Crippen LogP contribution in [0.2, 0.25) is 0 Å². The fraction of sp³-hybridized carbons (Fsp3) is 0.222. The summed E-state index contributed by atoms with van der Waals surface area (Å²) in [7, 11) is 0. The van der Waals surface area contributed by atoms with E-state index in [1.54, 1.807) is 13.0 Å². The molecule has 1 atom stereocenters. The zero-order valence-electron chi connectivity index (χ0n) is 7.08. The monoisotopic (exact) mass is 180 g/mol. The number of hydrogen-bond acceptors (Lipinski definition) is 2. The lowest BCUT2D eigenvalue weighted by atomic mass is 10.1. The summed E-state index contributed by atoms with van der Waals surface area (Å²) in [6.45, 7) is 1.59. The molecule has 0 fully saturated rings. The minimum atomic E-state index is -0.665. The van der Waals surface area contributed by atoms with Gasteiger partial charge >= 0.3 is 0 Å². The third kappa shape index (κ3) is 1.29. The molecule has 2 rings (SSSR count). The SMILES string of the molecule is C[C@H](O)c1cc(F)c2cn[nH]c2c1. The van der Waals surface area contributed by atoms with Crippen molar-refractivity contribution in [3.63, 3.8) is 0 Å². The number of rotatable bonds is 1. The molecular weight excluding hydrogens is 171 g/mol. The topological polar surface area (TPSA) is 48.9 Å². The number of benzene rings is 1. The maximum absolute atomic E-state index is 13.3. The Kier molecular flexibility index (Phi) is 1.77. The van der Waals surface area contributed by atoms with Crippen LogP contribution in [-0.4, -0.2) is 15.3 Å². The first kappa shape index (κ1) is 8.19. The van der Waals surface area contributed by atoms with Gasteiger partial charge in [0, 0.05) is 0 Å². The Morgan fingerprint density at radius 2 is 2.31 bits per heavy atom. The molecule has 2 aromatic rings. The Morgan fingerprint density at radius 3 is 3.00 bits per heavy atom. The lowest BCUT2D eigenvalue weighted by Gasteiger charge is -2.04. The molecule has 0 radical (unpaired) electrons. The second kappa shape index (κ2) is 2.81. The van der Waals surface area contributed by atoms with Gasteiger partial charge in [-0.25, -0.2) is 4.39 Å². The molecule has 1 aromatic carbocycles. The zero-order valence-corrected chi connectivity index (χ0v) is 7.08. The van der Waals surface area contributed by atoms with Crippen LogP contribution in [0.4, 0.5) is 4.39 Å². The van der Waals surface area contributed by atoms with Gasteiger partial charge in [0.05, 0.1) is 23.2 Å². The molecule has 13 heavy (non-hydrogen) atoms. The number of nitrogens with one attached hydrogen (secondary N) is 1. The van der Waals surface area contributed by atoms with Crippen molar-refractivity contribution in [1.29, 1.82) is 0 Å². The Labute approximate surface area is 74.2 Å². The van der Waals surface area contributed by atoms with Crippen molar-refractivity contribution >= 4 is 10.9 Å². The predicted molar refractivity (Wildman–Crippen MR) is 46.7 cm³/mol. The molecule has 4 heteroatoms. The quantitative estimate of drug-likeness (QED) is 0.702. The summed E-state index contributed by atoms with van der Waals surface area (Å²) in [6.07, 6.45) is 0.762. The van der Waals surface area contributed by atoms with Crippen molar-refractivity contribution in [3.8, 4) is 0 Å². The lowest BCUT2D eigenvalue weighted by molar-refractivity contribution is 0.199. The normalized spacial score (nSPS) is 13.5. The van der Waals surface area contributed by atoms with Crippen LogP contribution in [0.1, 0.15) is 18.6 Å². The number of aromatic amines is 1. The summed E-state index contributed by atoms with van der Waals surface area (Å²) in [4.78, 5) is 0. The molecular formula is C9H9FN2O. The van der Waals surface area contributed by atoms with Gasteiger partial charge in [-0.15, -0.1) is 0 Å². The van der Waals surface area contributed by atoms with Crippen molar-refractivity contribution < 1.29 is 9.50 Å². The van der Waals surface area contributed by atoms with E-state index in [-0.39, 0.29) is 5.82 Å².